The van der Waals surface area contributed by atoms with Crippen LogP contribution in [0.3, 0.4) is 0 Å². The molecule has 1 amide bonds. The summed E-state index contributed by atoms with van der Waals surface area (Å²) in [5.74, 6) is 0.447. The number of ether oxygens (including phenoxy) is 1. The lowest BCUT2D eigenvalue weighted by molar-refractivity contribution is -0.384. The quantitative estimate of drug-likeness (QED) is 0.519. The highest BCUT2D eigenvalue weighted by Gasteiger charge is 2.17. The minimum absolute atomic E-state index is 0.0632. The van der Waals surface area contributed by atoms with Crippen LogP contribution in [0.25, 0.3) is 10.9 Å². The van der Waals surface area contributed by atoms with Crippen LogP contribution in [0.15, 0.2) is 48.7 Å². The molecule has 0 aliphatic rings. The molecule has 0 saturated heterocycles. The molecular weight excluding hydrogens is 346 g/mol. The van der Waals surface area contributed by atoms with Crippen LogP contribution < -0.4 is 10.1 Å². The van der Waals surface area contributed by atoms with Gasteiger partial charge in [0, 0.05) is 11.7 Å². The Bertz CT molecular complexity index is 1010. The number of nitro groups is 1. The second-order valence-corrected chi connectivity index (χ2v) is 6.60. The van der Waals surface area contributed by atoms with Gasteiger partial charge in [0.25, 0.3) is 5.69 Å². The Balaban J connectivity index is 1.80. The maximum absolute atomic E-state index is 12.4. The van der Waals surface area contributed by atoms with Crippen molar-refractivity contribution in [2.45, 2.75) is 26.3 Å². The monoisotopic (exact) mass is 367 g/mol. The third-order valence-corrected chi connectivity index (χ3v) is 4.45. The first-order chi connectivity index (χ1) is 12.9. The molecule has 1 N–H and O–H groups in total. The molecule has 0 unspecified atom stereocenters. The number of rotatable bonds is 6. The number of hydrogen-bond acceptors (Lipinski definition) is 4. The van der Waals surface area contributed by atoms with Gasteiger partial charge in [-0.2, -0.15) is 0 Å². The van der Waals surface area contributed by atoms with E-state index in [1.54, 1.807) is 6.07 Å². The molecule has 2 aromatic carbocycles. The number of fused-ring (bicyclic) bond motifs is 1. The highest BCUT2D eigenvalue weighted by Crippen LogP contribution is 2.29. The molecule has 0 bridgehead atoms. The van der Waals surface area contributed by atoms with Gasteiger partial charge in [-0.05, 0) is 47.2 Å². The lowest BCUT2D eigenvalue weighted by atomic mass is 10.0. The molecule has 3 rings (SSSR count). The minimum Gasteiger partial charge on any atom is -0.496 e. The number of benzene rings is 2. The largest absolute Gasteiger partial charge is 0.496 e. The topological polar surface area (TPSA) is 86.4 Å². The second-order valence-electron chi connectivity index (χ2n) is 6.60. The number of nitrogens with zero attached hydrogens (tertiary/aromatic N) is 2. The molecule has 0 aliphatic heterocycles. The number of carbonyl (C=O) groups is 1. The van der Waals surface area contributed by atoms with Gasteiger partial charge in [0.1, 0.15) is 18.0 Å². The van der Waals surface area contributed by atoms with E-state index in [9.17, 15) is 14.9 Å². The minimum atomic E-state index is -0.545. The van der Waals surface area contributed by atoms with E-state index >= 15 is 0 Å². The molecule has 27 heavy (non-hydrogen) atoms. The second kappa shape index (κ2) is 7.49. The Morgan fingerprint density at radius 2 is 2.00 bits per heavy atom. The molecule has 1 heterocycles. The SMILES string of the molecule is COc1ccc(NC(=O)Cn2ccc3cc(C(C)C)ccc32)c([N+](=O)[O-])c1. The maximum atomic E-state index is 12.4. The fourth-order valence-corrected chi connectivity index (χ4v) is 2.96. The lowest BCUT2D eigenvalue weighted by Crippen LogP contribution is -2.19. The summed E-state index contributed by atoms with van der Waals surface area (Å²) in [5.41, 5.74) is 2.11. The van der Waals surface area contributed by atoms with E-state index in [1.165, 1.54) is 24.8 Å². The summed E-state index contributed by atoms with van der Waals surface area (Å²) in [6, 6.07) is 12.4. The van der Waals surface area contributed by atoms with Crippen LogP contribution in [0.4, 0.5) is 11.4 Å². The summed E-state index contributed by atoms with van der Waals surface area (Å²) in [4.78, 5) is 23.1. The van der Waals surface area contributed by atoms with Crippen LogP contribution >= 0.6 is 0 Å². The number of aromatic nitrogens is 1. The standard InChI is InChI=1S/C20H21N3O4/c1-13(2)14-4-7-18-15(10-14)8-9-22(18)12-20(24)21-17-6-5-16(27-3)11-19(17)23(25)26/h4-11,13H,12H2,1-3H3,(H,21,24). The summed E-state index contributed by atoms with van der Waals surface area (Å²) >= 11 is 0. The van der Waals surface area contributed by atoms with Crippen molar-refractivity contribution in [1.82, 2.24) is 4.57 Å². The van der Waals surface area contributed by atoms with Crippen molar-refractivity contribution >= 4 is 28.2 Å². The fraction of sp³-hybridized carbons (Fsp3) is 0.250. The van der Waals surface area contributed by atoms with Gasteiger partial charge in [-0.15, -0.1) is 0 Å². The van der Waals surface area contributed by atoms with Crippen LogP contribution in [0.1, 0.15) is 25.3 Å². The van der Waals surface area contributed by atoms with Gasteiger partial charge in [0.15, 0.2) is 0 Å². The molecule has 140 valence electrons. The van der Waals surface area contributed by atoms with Crippen LogP contribution in [-0.4, -0.2) is 22.5 Å². The Morgan fingerprint density at radius 1 is 1.22 bits per heavy atom. The molecule has 0 aliphatic carbocycles. The molecule has 7 heteroatoms. The zero-order valence-electron chi connectivity index (χ0n) is 15.4. The average molecular weight is 367 g/mol. The van der Waals surface area contributed by atoms with Crippen molar-refractivity contribution in [3.63, 3.8) is 0 Å². The summed E-state index contributed by atoms with van der Waals surface area (Å²) in [6.45, 7) is 4.33. The van der Waals surface area contributed by atoms with Crippen molar-refractivity contribution < 1.29 is 14.5 Å². The predicted octanol–water partition coefficient (Wildman–Crippen LogP) is 4.32. The lowest BCUT2D eigenvalue weighted by Gasteiger charge is -2.10. The van der Waals surface area contributed by atoms with E-state index in [4.69, 9.17) is 4.74 Å². The number of anilines is 1. The zero-order chi connectivity index (χ0) is 19.6. The van der Waals surface area contributed by atoms with E-state index in [0.717, 1.165) is 10.9 Å². The third kappa shape index (κ3) is 3.92. The van der Waals surface area contributed by atoms with Crippen LogP contribution in [-0.2, 0) is 11.3 Å². The summed E-state index contributed by atoms with van der Waals surface area (Å²) in [5, 5.41) is 14.9. The molecule has 1 aromatic heterocycles. The third-order valence-electron chi connectivity index (χ3n) is 4.45. The van der Waals surface area contributed by atoms with Gasteiger partial charge in [-0.3, -0.25) is 14.9 Å². The molecule has 3 aromatic rings. The summed E-state index contributed by atoms with van der Waals surface area (Å²) in [6.07, 6.45) is 1.84. The highest BCUT2D eigenvalue weighted by atomic mass is 16.6. The van der Waals surface area contributed by atoms with Crippen molar-refractivity contribution in [3.8, 4) is 5.75 Å². The number of hydrogen-bond donors (Lipinski definition) is 1. The number of methoxy groups -OCH3 is 1. The number of amides is 1. The van der Waals surface area contributed by atoms with E-state index in [2.05, 4.69) is 31.3 Å². The van der Waals surface area contributed by atoms with Gasteiger partial charge in [-0.25, -0.2) is 0 Å². The van der Waals surface area contributed by atoms with Gasteiger partial charge < -0.3 is 14.6 Å². The van der Waals surface area contributed by atoms with Crippen LogP contribution in [0.2, 0.25) is 0 Å². The van der Waals surface area contributed by atoms with Gasteiger partial charge >= 0.3 is 0 Å². The van der Waals surface area contributed by atoms with E-state index < -0.39 is 4.92 Å². The van der Waals surface area contributed by atoms with E-state index in [-0.39, 0.29) is 23.8 Å². The van der Waals surface area contributed by atoms with Crippen molar-refractivity contribution in [3.05, 3.63) is 64.3 Å². The highest BCUT2D eigenvalue weighted by molar-refractivity contribution is 5.94. The van der Waals surface area contributed by atoms with Crippen LogP contribution in [0, 0.1) is 10.1 Å². The van der Waals surface area contributed by atoms with Crippen molar-refractivity contribution in [2.75, 3.05) is 12.4 Å². The number of carbonyl (C=O) groups excluding carboxylic acids is 1. The van der Waals surface area contributed by atoms with Gasteiger partial charge in [-0.1, -0.05) is 19.9 Å². The average Bonchev–Trinajstić information content (AvgIpc) is 3.03. The Kier molecular flexibility index (Phi) is 5.12. The summed E-state index contributed by atoms with van der Waals surface area (Å²) in [7, 11) is 1.43. The van der Waals surface area contributed by atoms with Crippen molar-refractivity contribution in [2.24, 2.45) is 0 Å². The summed E-state index contributed by atoms with van der Waals surface area (Å²) < 4.78 is 6.83. The predicted molar refractivity (Wildman–Crippen MR) is 104 cm³/mol. The van der Waals surface area contributed by atoms with Gasteiger partial charge in [0.05, 0.1) is 18.1 Å². The number of nitrogens with one attached hydrogen (secondary N) is 1. The van der Waals surface area contributed by atoms with E-state index in [1.807, 2.05) is 22.9 Å². The Labute approximate surface area is 156 Å². The molecule has 0 fully saturated rings. The Hall–Kier alpha value is -3.35. The van der Waals surface area contributed by atoms with Crippen molar-refractivity contribution in [1.29, 1.82) is 0 Å². The molecule has 7 nitrogen and oxygen atoms in total. The zero-order valence-corrected chi connectivity index (χ0v) is 15.4. The smallest absolute Gasteiger partial charge is 0.296 e. The fourth-order valence-electron chi connectivity index (χ4n) is 2.96. The normalized spacial score (nSPS) is 11.0. The van der Waals surface area contributed by atoms with Crippen LogP contribution in [0.5, 0.6) is 5.75 Å². The molecule has 0 saturated carbocycles. The maximum Gasteiger partial charge on any atom is 0.296 e. The molecule has 0 atom stereocenters. The first-order valence-electron chi connectivity index (χ1n) is 8.60. The van der Waals surface area contributed by atoms with Gasteiger partial charge in [0.2, 0.25) is 5.91 Å². The molecule has 0 spiro atoms. The Morgan fingerprint density at radius 3 is 2.67 bits per heavy atom. The first-order valence-corrected chi connectivity index (χ1v) is 8.60. The van der Waals surface area contributed by atoms with E-state index in [0.29, 0.717) is 11.7 Å². The number of nitro benzene ring substituents is 1. The first kappa shape index (κ1) is 18.4. The molecular formula is C20H21N3O4. The molecule has 0 radical (unpaired) electrons.